The van der Waals surface area contributed by atoms with Gasteiger partial charge < -0.3 is 4.90 Å². The molecule has 1 aliphatic heterocycles. The van der Waals surface area contributed by atoms with Crippen LogP contribution in [0.2, 0.25) is 0 Å². The Bertz CT molecular complexity index is 598. The van der Waals surface area contributed by atoms with E-state index in [0.29, 0.717) is 5.82 Å². The lowest BCUT2D eigenvalue weighted by Gasteiger charge is -2.13. The largest absolute Gasteiger partial charge is 0.341 e. The zero-order valence-electron chi connectivity index (χ0n) is 11.5. The summed E-state index contributed by atoms with van der Waals surface area (Å²) in [7, 11) is 0. The minimum Gasteiger partial charge on any atom is -0.341 e. The molecule has 0 saturated carbocycles. The van der Waals surface area contributed by atoms with E-state index in [1.54, 1.807) is 0 Å². The normalized spacial score (nSPS) is 14.8. The first-order valence-electron chi connectivity index (χ1n) is 6.85. The highest BCUT2D eigenvalue weighted by molar-refractivity contribution is 5.76. The molecule has 0 radical (unpaired) electrons. The van der Waals surface area contributed by atoms with Crippen LogP contribution in [0.1, 0.15) is 18.4 Å². The molecule has 6 heteroatoms. The average molecular weight is 271 g/mol. The van der Waals surface area contributed by atoms with Crippen molar-refractivity contribution >= 4 is 5.91 Å². The molecule has 0 atom stereocenters. The summed E-state index contributed by atoms with van der Waals surface area (Å²) in [5, 5.41) is 12.2. The fourth-order valence-corrected chi connectivity index (χ4v) is 2.32. The number of nitrogens with zero attached hydrogens (tertiary/aromatic N) is 5. The van der Waals surface area contributed by atoms with Crippen molar-refractivity contribution in [3.63, 3.8) is 0 Å². The minimum absolute atomic E-state index is 0.0651. The number of tetrazole rings is 1. The highest BCUT2D eigenvalue weighted by Crippen LogP contribution is 2.14. The first-order chi connectivity index (χ1) is 9.72. The third-order valence-electron chi connectivity index (χ3n) is 3.50. The van der Waals surface area contributed by atoms with Crippen molar-refractivity contribution in [2.75, 3.05) is 13.1 Å². The molecule has 3 rings (SSSR count). The molecule has 6 nitrogen and oxygen atoms in total. The molecule has 0 N–H and O–H groups in total. The molecule has 1 fully saturated rings. The van der Waals surface area contributed by atoms with Crippen LogP contribution in [-0.4, -0.2) is 44.1 Å². The highest BCUT2D eigenvalue weighted by atomic mass is 16.2. The number of carbonyl (C=O) groups excluding carboxylic acids is 1. The van der Waals surface area contributed by atoms with Gasteiger partial charge in [-0.1, -0.05) is 29.8 Å². The van der Waals surface area contributed by atoms with Gasteiger partial charge in [0.05, 0.1) is 0 Å². The summed E-state index contributed by atoms with van der Waals surface area (Å²) >= 11 is 0. The van der Waals surface area contributed by atoms with Gasteiger partial charge in [0, 0.05) is 18.7 Å². The van der Waals surface area contributed by atoms with Gasteiger partial charge >= 0.3 is 0 Å². The van der Waals surface area contributed by atoms with Gasteiger partial charge in [-0.25, -0.2) is 0 Å². The summed E-state index contributed by atoms with van der Waals surface area (Å²) in [6.07, 6.45) is 2.18. The summed E-state index contributed by atoms with van der Waals surface area (Å²) < 4.78 is 0. The first-order valence-corrected chi connectivity index (χ1v) is 6.85. The van der Waals surface area contributed by atoms with Crippen molar-refractivity contribution < 1.29 is 4.79 Å². The zero-order valence-corrected chi connectivity index (χ0v) is 11.5. The number of carbonyl (C=O) groups is 1. The SMILES string of the molecule is Cc1ccc(-c2nnn(CC(=O)N3CCCC3)n2)cc1. The molecular formula is C14H17N5O. The number of rotatable bonds is 3. The average Bonchev–Trinajstić information content (AvgIpc) is 3.10. The number of likely N-dealkylation sites (tertiary alicyclic amines) is 1. The van der Waals surface area contributed by atoms with Gasteiger partial charge in [-0.2, -0.15) is 4.80 Å². The Hall–Kier alpha value is -2.24. The molecule has 0 unspecified atom stereocenters. The molecule has 0 aliphatic carbocycles. The Labute approximate surface area is 117 Å². The van der Waals surface area contributed by atoms with Gasteiger partial charge in [0.2, 0.25) is 11.7 Å². The Kier molecular flexibility index (Phi) is 3.45. The van der Waals surface area contributed by atoms with Crippen LogP contribution in [0, 0.1) is 6.92 Å². The number of hydrogen-bond acceptors (Lipinski definition) is 4. The third-order valence-corrected chi connectivity index (χ3v) is 3.50. The van der Waals surface area contributed by atoms with Gasteiger partial charge in [0.15, 0.2) is 0 Å². The lowest BCUT2D eigenvalue weighted by atomic mass is 10.1. The summed E-state index contributed by atoms with van der Waals surface area (Å²) in [5.74, 6) is 0.620. The number of aryl methyl sites for hydroxylation is 1. The number of benzene rings is 1. The molecule has 2 aromatic rings. The molecule has 1 aliphatic rings. The van der Waals surface area contributed by atoms with Crippen molar-refractivity contribution in [2.24, 2.45) is 0 Å². The maximum atomic E-state index is 12.0. The molecule has 1 amide bonds. The number of aromatic nitrogens is 4. The summed E-state index contributed by atoms with van der Waals surface area (Å²) in [6.45, 7) is 3.89. The van der Waals surface area contributed by atoms with Crippen LogP contribution in [-0.2, 0) is 11.3 Å². The van der Waals surface area contributed by atoms with Gasteiger partial charge in [0.25, 0.3) is 0 Å². The van der Waals surface area contributed by atoms with Gasteiger partial charge in [-0.05, 0) is 25.0 Å². The highest BCUT2D eigenvalue weighted by Gasteiger charge is 2.19. The first kappa shape index (κ1) is 12.8. The summed E-state index contributed by atoms with van der Waals surface area (Å²) in [6, 6.07) is 7.93. The quantitative estimate of drug-likeness (QED) is 0.843. The Morgan fingerprint density at radius 3 is 2.60 bits per heavy atom. The van der Waals surface area contributed by atoms with Crippen molar-refractivity contribution in [3.05, 3.63) is 29.8 Å². The smallest absolute Gasteiger partial charge is 0.246 e. The van der Waals surface area contributed by atoms with Crippen molar-refractivity contribution in [3.8, 4) is 11.4 Å². The second-order valence-corrected chi connectivity index (χ2v) is 5.10. The molecule has 104 valence electrons. The van der Waals surface area contributed by atoms with Crippen LogP contribution in [0.3, 0.4) is 0 Å². The maximum absolute atomic E-state index is 12.0. The van der Waals surface area contributed by atoms with E-state index in [-0.39, 0.29) is 12.5 Å². The second kappa shape index (κ2) is 5.40. The van der Waals surface area contributed by atoms with Crippen LogP contribution < -0.4 is 0 Å². The van der Waals surface area contributed by atoms with E-state index in [9.17, 15) is 4.79 Å². The van der Waals surface area contributed by atoms with Crippen LogP contribution in [0.25, 0.3) is 11.4 Å². The molecule has 1 aromatic carbocycles. The predicted octanol–water partition coefficient (Wildman–Crippen LogP) is 1.27. The van der Waals surface area contributed by atoms with E-state index < -0.39 is 0 Å². The minimum atomic E-state index is 0.0651. The number of hydrogen-bond donors (Lipinski definition) is 0. The van der Waals surface area contributed by atoms with Crippen molar-refractivity contribution in [2.45, 2.75) is 26.3 Å². The van der Waals surface area contributed by atoms with E-state index >= 15 is 0 Å². The second-order valence-electron chi connectivity index (χ2n) is 5.10. The molecule has 0 bridgehead atoms. The van der Waals surface area contributed by atoms with E-state index in [1.165, 1.54) is 10.4 Å². The van der Waals surface area contributed by atoms with E-state index in [0.717, 1.165) is 31.5 Å². The zero-order chi connectivity index (χ0) is 13.9. The van der Waals surface area contributed by atoms with Crippen LogP contribution in [0.4, 0.5) is 0 Å². The molecule has 2 heterocycles. The Morgan fingerprint density at radius 1 is 1.20 bits per heavy atom. The summed E-state index contributed by atoms with van der Waals surface area (Å²) in [5.41, 5.74) is 2.10. The molecular weight excluding hydrogens is 254 g/mol. The molecule has 1 aromatic heterocycles. The third kappa shape index (κ3) is 2.68. The molecule has 1 saturated heterocycles. The van der Waals surface area contributed by atoms with Gasteiger partial charge in [-0.15, -0.1) is 10.2 Å². The predicted molar refractivity (Wildman–Crippen MR) is 73.8 cm³/mol. The maximum Gasteiger partial charge on any atom is 0.246 e. The topological polar surface area (TPSA) is 63.9 Å². The Morgan fingerprint density at radius 2 is 1.90 bits per heavy atom. The standard InChI is InChI=1S/C14H17N5O/c1-11-4-6-12(7-5-11)14-15-17-19(16-14)10-13(20)18-8-2-3-9-18/h4-7H,2-3,8-10H2,1H3. The van der Waals surface area contributed by atoms with Crippen LogP contribution >= 0.6 is 0 Å². The molecule has 20 heavy (non-hydrogen) atoms. The van der Waals surface area contributed by atoms with E-state index in [4.69, 9.17) is 0 Å². The monoisotopic (exact) mass is 271 g/mol. The number of amides is 1. The van der Waals surface area contributed by atoms with Gasteiger partial charge in [-0.3, -0.25) is 4.79 Å². The van der Waals surface area contributed by atoms with Crippen LogP contribution in [0.5, 0.6) is 0 Å². The van der Waals surface area contributed by atoms with Crippen molar-refractivity contribution in [1.29, 1.82) is 0 Å². The van der Waals surface area contributed by atoms with Crippen LogP contribution in [0.15, 0.2) is 24.3 Å². The van der Waals surface area contributed by atoms with Gasteiger partial charge in [0.1, 0.15) is 6.54 Å². The molecule has 0 spiro atoms. The van der Waals surface area contributed by atoms with E-state index in [2.05, 4.69) is 15.4 Å². The fourth-order valence-electron chi connectivity index (χ4n) is 2.32. The van der Waals surface area contributed by atoms with E-state index in [1.807, 2.05) is 36.1 Å². The fraction of sp³-hybridized carbons (Fsp3) is 0.429. The Balaban J connectivity index is 1.70. The van der Waals surface area contributed by atoms with Crippen molar-refractivity contribution in [1.82, 2.24) is 25.1 Å². The summed E-state index contributed by atoms with van der Waals surface area (Å²) in [4.78, 5) is 15.2. The lowest BCUT2D eigenvalue weighted by molar-refractivity contribution is -0.131. The lowest BCUT2D eigenvalue weighted by Crippen LogP contribution is -2.31.